The summed E-state index contributed by atoms with van der Waals surface area (Å²) in [6.07, 6.45) is 0. The Morgan fingerprint density at radius 1 is 1.24 bits per heavy atom. The molecule has 2 rings (SSSR count). The molecule has 0 saturated heterocycles. The molecule has 0 radical (unpaired) electrons. The fraction of sp³-hybridized carbons (Fsp3) is 0.0714. The minimum atomic E-state index is -1.06. The Balaban J connectivity index is 2.06. The summed E-state index contributed by atoms with van der Waals surface area (Å²) in [5.41, 5.74) is 0.699. The van der Waals surface area contributed by atoms with E-state index in [-0.39, 0.29) is 22.9 Å². The van der Waals surface area contributed by atoms with Crippen LogP contribution in [0.25, 0.3) is 0 Å². The lowest BCUT2D eigenvalue weighted by molar-refractivity contribution is -0.384. The first-order valence-electron chi connectivity index (χ1n) is 5.86. The van der Waals surface area contributed by atoms with Crippen LogP contribution in [-0.2, 0) is 6.61 Å². The van der Waals surface area contributed by atoms with Crippen LogP contribution in [0.3, 0.4) is 0 Å². The van der Waals surface area contributed by atoms with Gasteiger partial charge in [0, 0.05) is 22.7 Å². The van der Waals surface area contributed by atoms with Gasteiger partial charge in [0.15, 0.2) is 0 Å². The second-order valence-electron chi connectivity index (χ2n) is 4.15. The van der Waals surface area contributed by atoms with Gasteiger partial charge in [-0.2, -0.15) is 0 Å². The second kappa shape index (κ2) is 6.23. The highest BCUT2D eigenvalue weighted by Gasteiger charge is 2.08. The molecule has 0 fully saturated rings. The van der Waals surface area contributed by atoms with Crippen molar-refractivity contribution in [3.8, 4) is 5.75 Å². The van der Waals surface area contributed by atoms with Gasteiger partial charge in [-0.15, -0.1) is 0 Å². The maximum absolute atomic E-state index is 10.8. The zero-order valence-electron chi connectivity index (χ0n) is 10.7. The number of ether oxygens (including phenoxy) is 1. The monoisotopic (exact) mass is 307 g/mol. The first-order chi connectivity index (χ1) is 9.97. The third-order valence-corrected chi connectivity index (χ3v) is 3.09. The highest BCUT2D eigenvalue weighted by atomic mass is 35.5. The molecule has 0 amide bonds. The molecular formula is C14H10ClNO5. The molecule has 7 heteroatoms. The van der Waals surface area contributed by atoms with Crippen LogP contribution < -0.4 is 4.74 Å². The van der Waals surface area contributed by atoms with E-state index in [9.17, 15) is 14.9 Å². The summed E-state index contributed by atoms with van der Waals surface area (Å²) >= 11 is 5.97. The Bertz CT molecular complexity index is 684. The van der Waals surface area contributed by atoms with Gasteiger partial charge in [0.1, 0.15) is 12.4 Å². The van der Waals surface area contributed by atoms with E-state index in [4.69, 9.17) is 21.4 Å². The van der Waals surface area contributed by atoms with Crippen molar-refractivity contribution in [2.75, 3.05) is 0 Å². The van der Waals surface area contributed by atoms with Gasteiger partial charge >= 0.3 is 5.97 Å². The Morgan fingerprint density at radius 3 is 2.43 bits per heavy atom. The summed E-state index contributed by atoms with van der Waals surface area (Å²) in [6, 6.07) is 9.99. The first-order valence-corrected chi connectivity index (χ1v) is 6.24. The summed E-state index contributed by atoms with van der Waals surface area (Å²) in [4.78, 5) is 20.8. The van der Waals surface area contributed by atoms with Gasteiger partial charge in [0.2, 0.25) is 0 Å². The van der Waals surface area contributed by atoms with Gasteiger partial charge in [0.25, 0.3) is 5.69 Å². The Kier molecular flexibility index (Phi) is 4.39. The lowest BCUT2D eigenvalue weighted by atomic mass is 10.1. The summed E-state index contributed by atoms with van der Waals surface area (Å²) in [7, 11) is 0. The number of carboxylic acids is 1. The van der Waals surface area contributed by atoms with Gasteiger partial charge in [0.05, 0.1) is 10.5 Å². The standard InChI is InChI=1S/C14H10ClNO5/c15-13-7-9(14(17)18)1-2-10(13)8-21-12-5-3-11(4-6-12)16(19)20/h1-7H,8H2,(H,17,18). The average Bonchev–Trinajstić information content (AvgIpc) is 2.46. The lowest BCUT2D eigenvalue weighted by Gasteiger charge is -2.08. The van der Waals surface area contributed by atoms with Gasteiger partial charge in [-0.1, -0.05) is 17.7 Å². The molecule has 6 nitrogen and oxygen atoms in total. The number of hydrogen-bond donors (Lipinski definition) is 1. The molecular weight excluding hydrogens is 298 g/mol. The summed E-state index contributed by atoms with van der Waals surface area (Å²) in [6.45, 7) is 0.135. The molecule has 0 atom stereocenters. The smallest absolute Gasteiger partial charge is 0.335 e. The molecule has 0 spiro atoms. The van der Waals surface area contributed by atoms with Crippen LogP contribution in [0, 0.1) is 10.1 Å². The van der Waals surface area contributed by atoms with Crippen molar-refractivity contribution in [2.45, 2.75) is 6.61 Å². The topological polar surface area (TPSA) is 89.7 Å². The number of carboxylic acid groups (broad SMARTS) is 1. The van der Waals surface area contributed by atoms with Crippen molar-refractivity contribution < 1.29 is 19.6 Å². The van der Waals surface area contributed by atoms with E-state index in [1.54, 1.807) is 6.07 Å². The maximum atomic E-state index is 10.8. The Hall–Kier alpha value is -2.60. The van der Waals surface area contributed by atoms with Crippen LogP contribution in [0.4, 0.5) is 5.69 Å². The van der Waals surface area contributed by atoms with Crippen molar-refractivity contribution in [1.29, 1.82) is 0 Å². The number of hydrogen-bond acceptors (Lipinski definition) is 4. The quantitative estimate of drug-likeness (QED) is 0.674. The number of benzene rings is 2. The van der Waals surface area contributed by atoms with E-state index in [0.29, 0.717) is 11.3 Å². The van der Waals surface area contributed by atoms with E-state index in [0.717, 1.165) is 0 Å². The van der Waals surface area contributed by atoms with Crippen LogP contribution >= 0.6 is 11.6 Å². The average molecular weight is 308 g/mol. The molecule has 2 aromatic carbocycles. The number of aromatic carboxylic acids is 1. The van der Waals surface area contributed by atoms with Crippen molar-refractivity contribution in [3.63, 3.8) is 0 Å². The molecule has 0 aliphatic carbocycles. The number of halogens is 1. The molecule has 2 aromatic rings. The number of non-ortho nitro benzene ring substituents is 1. The highest BCUT2D eigenvalue weighted by Crippen LogP contribution is 2.22. The van der Waals surface area contributed by atoms with Crippen LogP contribution in [0.1, 0.15) is 15.9 Å². The predicted molar refractivity (Wildman–Crippen MR) is 75.8 cm³/mol. The summed E-state index contributed by atoms with van der Waals surface area (Å²) in [5.74, 6) is -0.598. The molecule has 21 heavy (non-hydrogen) atoms. The van der Waals surface area contributed by atoms with Gasteiger partial charge in [-0.05, 0) is 24.3 Å². The number of nitro benzene ring substituents is 1. The van der Waals surface area contributed by atoms with Gasteiger partial charge in [-0.25, -0.2) is 4.79 Å². The minimum absolute atomic E-state index is 0.0220. The molecule has 0 heterocycles. The second-order valence-corrected chi connectivity index (χ2v) is 4.56. The maximum Gasteiger partial charge on any atom is 0.335 e. The van der Waals surface area contributed by atoms with Crippen molar-refractivity contribution >= 4 is 23.3 Å². The molecule has 108 valence electrons. The minimum Gasteiger partial charge on any atom is -0.489 e. The number of rotatable bonds is 5. The molecule has 0 aliphatic heterocycles. The highest BCUT2D eigenvalue weighted by molar-refractivity contribution is 6.31. The van der Waals surface area contributed by atoms with Crippen LogP contribution in [0.2, 0.25) is 5.02 Å². The Morgan fingerprint density at radius 2 is 1.90 bits per heavy atom. The number of nitro groups is 1. The van der Waals surface area contributed by atoms with Gasteiger partial charge in [-0.3, -0.25) is 10.1 Å². The normalized spacial score (nSPS) is 10.1. The molecule has 0 unspecified atom stereocenters. The first kappa shape index (κ1) is 14.8. The molecule has 0 aliphatic rings. The van der Waals surface area contributed by atoms with Crippen LogP contribution in [0.15, 0.2) is 42.5 Å². The largest absolute Gasteiger partial charge is 0.489 e. The van der Waals surface area contributed by atoms with Crippen molar-refractivity contribution in [3.05, 3.63) is 68.7 Å². The molecule has 1 N–H and O–H groups in total. The summed E-state index contributed by atoms with van der Waals surface area (Å²) in [5, 5.41) is 19.6. The third-order valence-electron chi connectivity index (χ3n) is 2.74. The van der Waals surface area contributed by atoms with Crippen LogP contribution in [-0.4, -0.2) is 16.0 Å². The van der Waals surface area contributed by atoms with E-state index < -0.39 is 10.9 Å². The summed E-state index contributed by atoms with van der Waals surface area (Å²) < 4.78 is 5.45. The molecule has 0 bridgehead atoms. The predicted octanol–water partition coefficient (Wildman–Crippen LogP) is 3.53. The van der Waals surface area contributed by atoms with Crippen molar-refractivity contribution in [1.82, 2.24) is 0 Å². The van der Waals surface area contributed by atoms with Gasteiger partial charge < -0.3 is 9.84 Å². The number of carbonyl (C=O) groups is 1. The number of nitrogens with zero attached hydrogens (tertiary/aromatic N) is 1. The SMILES string of the molecule is O=C(O)c1ccc(COc2ccc([N+](=O)[O-])cc2)c(Cl)c1. The van der Waals surface area contributed by atoms with E-state index in [1.807, 2.05) is 0 Å². The zero-order valence-corrected chi connectivity index (χ0v) is 11.4. The third kappa shape index (κ3) is 3.70. The fourth-order valence-electron chi connectivity index (χ4n) is 1.62. The van der Waals surface area contributed by atoms with E-state index in [2.05, 4.69) is 0 Å². The van der Waals surface area contributed by atoms with E-state index in [1.165, 1.54) is 36.4 Å². The zero-order chi connectivity index (χ0) is 15.4. The van der Waals surface area contributed by atoms with Crippen LogP contribution in [0.5, 0.6) is 5.75 Å². The van der Waals surface area contributed by atoms with E-state index >= 15 is 0 Å². The van der Waals surface area contributed by atoms with Crippen molar-refractivity contribution in [2.24, 2.45) is 0 Å². The fourth-order valence-corrected chi connectivity index (χ4v) is 1.86. The lowest BCUT2D eigenvalue weighted by Crippen LogP contribution is -2.00. The Labute approximate surface area is 124 Å². The molecule has 0 saturated carbocycles. The molecule has 0 aromatic heterocycles.